The molecule has 5 nitrogen and oxygen atoms in total. The Balaban J connectivity index is 1.82. The number of carbonyl (C=O) groups is 1. The minimum atomic E-state index is 0.177. The van der Waals surface area contributed by atoms with Gasteiger partial charge in [-0.05, 0) is 26.4 Å². The summed E-state index contributed by atoms with van der Waals surface area (Å²) in [4.78, 5) is 18.6. The normalized spacial score (nSPS) is 27.4. The Morgan fingerprint density at radius 3 is 2.56 bits per heavy atom. The minimum Gasteiger partial charge on any atom is -0.395 e. The lowest BCUT2D eigenvalue weighted by Gasteiger charge is -2.37. The van der Waals surface area contributed by atoms with Gasteiger partial charge >= 0.3 is 0 Å². The zero-order valence-corrected chi connectivity index (χ0v) is 11.3. The zero-order chi connectivity index (χ0) is 13.0. The molecule has 1 amide bonds. The Hall–Kier alpha value is -0.650. The average molecular weight is 255 g/mol. The van der Waals surface area contributed by atoms with E-state index in [0.717, 1.165) is 45.6 Å². The second-order valence-corrected chi connectivity index (χ2v) is 5.49. The van der Waals surface area contributed by atoms with E-state index in [1.54, 1.807) is 0 Å². The summed E-state index contributed by atoms with van der Waals surface area (Å²) in [5.74, 6) is 0.225. The first-order valence-corrected chi connectivity index (χ1v) is 7.02. The van der Waals surface area contributed by atoms with Crippen molar-refractivity contribution < 1.29 is 9.90 Å². The van der Waals surface area contributed by atoms with Crippen molar-refractivity contribution >= 4 is 5.91 Å². The number of carbonyl (C=O) groups excluding carboxylic acids is 1. The van der Waals surface area contributed by atoms with Gasteiger partial charge in [0.25, 0.3) is 0 Å². The van der Waals surface area contributed by atoms with E-state index in [-0.39, 0.29) is 18.6 Å². The van der Waals surface area contributed by atoms with Gasteiger partial charge in [-0.25, -0.2) is 0 Å². The van der Waals surface area contributed by atoms with Crippen LogP contribution in [0.2, 0.25) is 0 Å². The molecule has 0 unspecified atom stereocenters. The van der Waals surface area contributed by atoms with Crippen molar-refractivity contribution in [2.75, 3.05) is 52.9 Å². The number of aliphatic hydroxyl groups is 1. The molecule has 1 N–H and O–H groups in total. The predicted molar refractivity (Wildman–Crippen MR) is 70.4 cm³/mol. The van der Waals surface area contributed by atoms with Crippen LogP contribution in [0, 0.1) is 0 Å². The molecule has 0 aromatic heterocycles. The standard InChI is InChI=1S/C13H25N3O2/c1-14-6-8-15(9-7-14)13(18)10-16-5-3-2-4-12(16)11-17/h12,17H,2-11H2,1H3/t12-/m1/s1. The van der Waals surface area contributed by atoms with Crippen molar-refractivity contribution in [2.45, 2.75) is 25.3 Å². The fourth-order valence-corrected chi connectivity index (χ4v) is 2.80. The number of amides is 1. The maximum atomic E-state index is 12.2. The Bertz CT molecular complexity index is 277. The Labute approximate surface area is 109 Å². The summed E-state index contributed by atoms with van der Waals surface area (Å²) in [6, 6.07) is 0.190. The minimum absolute atomic E-state index is 0.177. The van der Waals surface area contributed by atoms with E-state index < -0.39 is 0 Å². The van der Waals surface area contributed by atoms with Crippen molar-refractivity contribution in [1.29, 1.82) is 0 Å². The Kier molecular flexibility index (Phi) is 4.97. The summed E-state index contributed by atoms with van der Waals surface area (Å²) < 4.78 is 0. The molecule has 0 spiro atoms. The fraction of sp³-hybridized carbons (Fsp3) is 0.923. The second-order valence-electron chi connectivity index (χ2n) is 5.49. The van der Waals surface area contributed by atoms with Crippen LogP contribution in [-0.4, -0.2) is 84.7 Å². The van der Waals surface area contributed by atoms with E-state index >= 15 is 0 Å². The highest BCUT2D eigenvalue weighted by molar-refractivity contribution is 5.78. The smallest absolute Gasteiger partial charge is 0.236 e. The van der Waals surface area contributed by atoms with Gasteiger partial charge in [0, 0.05) is 32.2 Å². The SMILES string of the molecule is CN1CCN(C(=O)CN2CCCC[C@@H]2CO)CC1. The summed E-state index contributed by atoms with van der Waals surface area (Å²) in [6.45, 7) is 5.22. The number of piperidine rings is 1. The molecule has 2 saturated heterocycles. The van der Waals surface area contributed by atoms with E-state index in [0.29, 0.717) is 6.54 Å². The van der Waals surface area contributed by atoms with Gasteiger partial charge in [0.05, 0.1) is 13.2 Å². The molecule has 0 aromatic carbocycles. The molecule has 1 atom stereocenters. The number of rotatable bonds is 3. The van der Waals surface area contributed by atoms with Crippen LogP contribution in [0.1, 0.15) is 19.3 Å². The van der Waals surface area contributed by atoms with Crippen LogP contribution in [-0.2, 0) is 4.79 Å². The maximum absolute atomic E-state index is 12.2. The van der Waals surface area contributed by atoms with Gasteiger partial charge in [-0.2, -0.15) is 0 Å². The maximum Gasteiger partial charge on any atom is 0.236 e. The van der Waals surface area contributed by atoms with Crippen LogP contribution >= 0.6 is 0 Å². The third kappa shape index (κ3) is 3.43. The van der Waals surface area contributed by atoms with Crippen LogP contribution in [0.4, 0.5) is 0 Å². The van der Waals surface area contributed by atoms with E-state index in [9.17, 15) is 9.90 Å². The topological polar surface area (TPSA) is 47.0 Å². The molecule has 0 radical (unpaired) electrons. The number of aliphatic hydroxyl groups excluding tert-OH is 1. The molecule has 18 heavy (non-hydrogen) atoms. The number of likely N-dealkylation sites (tertiary alicyclic amines) is 1. The average Bonchev–Trinajstić information content (AvgIpc) is 2.40. The monoisotopic (exact) mass is 255 g/mol. The largest absolute Gasteiger partial charge is 0.395 e. The van der Waals surface area contributed by atoms with Gasteiger partial charge in [-0.15, -0.1) is 0 Å². The zero-order valence-electron chi connectivity index (χ0n) is 11.3. The molecule has 104 valence electrons. The number of piperazine rings is 1. The number of hydrogen-bond acceptors (Lipinski definition) is 4. The highest BCUT2D eigenvalue weighted by Gasteiger charge is 2.26. The van der Waals surface area contributed by atoms with Crippen LogP contribution in [0.25, 0.3) is 0 Å². The molecular weight excluding hydrogens is 230 g/mol. The molecule has 0 saturated carbocycles. The lowest BCUT2D eigenvalue weighted by Crippen LogP contribution is -2.52. The van der Waals surface area contributed by atoms with Crippen LogP contribution in [0.3, 0.4) is 0 Å². The van der Waals surface area contributed by atoms with Crippen LogP contribution in [0.15, 0.2) is 0 Å². The first kappa shape index (κ1) is 13.8. The summed E-state index contributed by atoms with van der Waals surface area (Å²) in [7, 11) is 2.09. The number of hydrogen-bond donors (Lipinski definition) is 1. The molecule has 2 heterocycles. The van der Waals surface area contributed by atoms with Crippen LogP contribution < -0.4 is 0 Å². The first-order valence-electron chi connectivity index (χ1n) is 7.02. The van der Waals surface area contributed by atoms with E-state index in [1.165, 1.54) is 6.42 Å². The lowest BCUT2D eigenvalue weighted by molar-refractivity contribution is -0.135. The summed E-state index contributed by atoms with van der Waals surface area (Å²) in [6.07, 6.45) is 3.34. The predicted octanol–water partition coefficient (Wildman–Crippen LogP) is -0.393. The lowest BCUT2D eigenvalue weighted by atomic mass is 10.0. The molecule has 2 rings (SSSR count). The van der Waals surface area contributed by atoms with Gasteiger partial charge in [0.2, 0.25) is 5.91 Å². The highest BCUT2D eigenvalue weighted by atomic mass is 16.3. The molecule has 2 aliphatic heterocycles. The van der Waals surface area contributed by atoms with E-state index in [1.807, 2.05) is 4.90 Å². The highest BCUT2D eigenvalue weighted by Crippen LogP contribution is 2.16. The Morgan fingerprint density at radius 1 is 1.17 bits per heavy atom. The third-order valence-corrected chi connectivity index (χ3v) is 4.15. The van der Waals surface area contributed by atoms with Gasteiger partial charge < -0.3 is 14.9 Å². The van der Waals surface area contributed by atoms with Gasteiger partial charge in [-0.3, -0.25) is 9.69 Å². The van der Waals surface area contributed by atoms with Crippen molar-refractivity contribution in [3.05, 3.63) is 0 Å². The number of nitrogens with zero attached hydrogens (tertiary/aromatic N) is 3. The molecule has 0 bridgehead atoms. The molecule has 5 heteroatoms. The molecule has 0 aromatic rings. The van der Waals surface area contributed by atoms with Crippen LogP contribution in [0.5, 0.6) is 0 Å². The first-order chi connectivity index (χ1) is 8.70. The van der Waals surface area contributed by atoms with E-state index in [4.69, 9.17) is 0 Å². The van der Waals surface area contributed by atoms with Crippen molar-refractivity contribution in [3.8, 4) is 0 Å². The molecular formula is C13H25N3O2. The van der Waals surface area contributed by atoms with Gasteiger partial charge in [0.15, 0.2) is 0 Å². The summed E-state index contributed by atoms with van der Waals surface area (Å²) >= 11 is 0. The summed E-state index contributed by atoms with van der Waals surface area (Å²) in [5.41, 5.74) is 0. The van der Waals surface area contributed by atoms with Crippen molar-refractivity contribution in [2.24, 2.45) is 0 Å². The fourth-order valence-electron chi connectivity index (χ4n) is 2.80. The quantitative estimate of drug-likeness (QED) is 0.746. The second kappa shape index (κ2) is 6.50. The van der Waals surface area contributed by atoms with Crippen molar-refractivity contribution in [3.63, 3.8) is 0 Å². The Morgan fingerprint density at radius 2 is 1.89 bits per heavy atom. The molecule has 2 fully saturated rings. The van der Waals surface area contributed by atoms with Crippen molar-refractivity contribution in [1.82, 2.24) is 14.7 Å². The summed E-state index contributed by atoms with van der Waals surface area (Å²) in [5, 5.41) is 9.35. The third-order valence-electron chi connectivity index (χ3n) is 4.15. The van der Waals surface area contributed by atoms with Gasteiger partial charge in [-0.1, -0.05) is 6.42 Å². The van der Waals surface area contributed by atoms with E-state index in [2.05, 4.69) is 16.8 Å². The molecule has 2 aliphatic rings. The number of likely N-dealkylation sites (N-methyl/N-ethyl adjacent to an activating group) is 1. The van der Waals surface area contributed by atoms with Gasteiger partial charge in [0.1, 0.15) is 0 Å². The molecule has 0 aliphatic carbocycles.